The second kappa shape index (κ2) is 8.75. The van der Waals surface area contributed by atoms with E-state index in [4.69, 9.17) is 0 Å². The van der Waals surface area contributed by atoms with Crippen LogP contribution < -0.4 is 5.32 Å². The Morgan fingerprint density at radius 2 is 1.88 bits per heavy atom. The minimum absolute atomic E-state index is 0.177. The van der Waals surface area contributed by atoms with Gasteiger partial charge in [0.25, 0.3) is 0 Å². The number of alkyl halides is 3. The second-order valence-corrected chi connectivity index (χ2v) is 4.37. The standard InChI is InChI=1S/C12H24F3NO/c1-4-7-16-10(3)11(5-2)6-8-17-9-12(13,14)15/h10-11,16H,4-9H2,1-3H3. The van der Waals surface area contributed by atoms with Crippen LogP contribution in [-0.2, 0) is 4.74 Å². The Bertz CT molecular complexity index is 185. The fourth-order valence-electron chi connectivity index (χ4n) is 1.77. The molecule has 0 aliphatic rings. The van der Waals surface area contributed by atoms with Crippen LogP contribution in [0.5, 0.6) is 0 Å². The van der Waals surface area contributed by atoms with Gasteiger partial charge in [-0.05, 0) is 32.2 Å². The van der Waals surface area contributed by atoms with E-state index in [0.29, 0.717) is 18.4 Å². The SMILES string of the molecule is CCCNC(C)C(CC)CCOCC(F)(F)F. The molecule has 0 heterocycles. The van der Waals surface area contributed by atoms with Crippen molar-refractivity contribution in [2.24, 2.45) is 5.92 Å². The van der Waals surface area contributed by atoms with Crippen molar-refractivity contribution in [1.82, 2.24) is 5.32 Å². The average molecular weight is 255 g/mol. The van der Waals surface area contributed by atoms with E-state index in [-0.39, 0.29) is 6.61 Å². The van der Waals surface area contributed by atoms with Crippen molar-refractivity contribution in [2.45, 2.75) is 52.3 Å². The zero-order chi connectivity index (χ0) is 13.3. The van der Waals surface area contributed by atoms with Crippen molar-refractivity contribution in [3.8, 4) is 0 Å². The number of rotatable bonds is 9. The molecule has 0 saturated heterocycles. The molecule has 0 amide bonds. The summed E-state index contributed by atoms with van der Waals surface area (Å²) in [6, 6.07) is 0.328. The maximum Gasteiger partial charge on any atom is 0.411 e. The third kappa shape index (κ3) is 9.41. The van der Waals surface area contributed by atoms with Gasteiger partial charge in [-0.3, -0.25) is 0 Å². The second-order valence-electron chi connectivity index (χ2n) is 4.37. The predicted molar refractivity (Wildman–Crippen MR) is 63.0 cm³/mol. The van der Waals surface area contributed by atoms with Gasteiger partial charge in [-0.25, -0.2) is 0 Å². The molecule has 2 nitrogen and oxygen atoms in total. The first kappa shape index (κ1) is 16.7. The van der Waals surface area contributed by atoms with Crippen LogP contribution in [0.2, 0.25) is 0 Å². The largest absolute Gasteiger partial charge is 0.411 e. The van der Waals surface area contributed by atoms with E-state index in [9.17, 15) is 13.2 Å². The molecule has 5 heteroatoms. The first-order valence-electron chi connectivity index (χ1n) is 6.28. The van der Waals surface area contributed by atoms with Crippen LogP contribution in [0.25, 0.3) is 0 Å². The van der Waals surface area contributed by atoms with Crippen LogP contribution in [-0.4, -0.2) is 32.0 Å². The minimum Gasteiger partial charge on any atom is -0.372 e. The summed E-state index contributed by atoms with van der Waals surface area (Å²) in [5.41, 5.74) is 0. The first-order valence-corrected chi connectivity index (χ1v) is 6.28. The zero-order valence-corrected chi connectivity index (χ0v) is 10.9. The maximum absolute atomic E-state index is 11.8. The van der Waals surface area contributed by atoms with Crippen molar-refractivity contribution in [2.75, 3.05) is 19.8 Å². The Balaban J connectivity index is 3.74. The Morgan fingerprint density at radius 1 is 1.24 bits per heavy atom. The lowest BCUT2D eigenvalue weighted by Crippen LogP contribution is -2.34. The van der Waals surface area contributed by atoms with Gasteiger partial charge in [0, 0.05) is 12.6 Å². The summed E-state index contributed by atoms with van der Waals surface area (Å²) in [7, 11) is 0. The fourth-order valence-corrected chi connectivity index (χ4v) is 1.77. The Morgan fingerprint density at radius 3 is 2.35 bits per heavy atom. The summed E-state index contributed by atoms with van der Waals surface area (Å²) in [4.78, 5) is 0. The normalized spacial score (nSPS) is 15.9. The van der Waals surface area contributed by atoms with E-state index in [1.165, 1.54) is 0 Å². The van der Waals surface area contributed by atoms with E-state index < -0.39 is 12.8 Å². The van der Waals surface area contributed by atoms with E-state index in [2.05, 4.69) is 30.8 Å². The van der Waals surface area contributed by atoms with E-state index in [1.807, 2.05) is 0 Å². The summed E-state index contributed by atoms with van der Waals surface area (Å²) in [6.45, 7) is 6.21. The molecule has 0 fully saturated rings. The van der Waals surface area contributed by atoms with Crippen LogP contribution >= 0.6 is 0 Å². The van der Waals surface area contributed by atoms with Crippen LogP contribution in [0.3, 0.4) is 0 Å². The Kier molecular flexibility index (Phi) is 8.60. The van der Waals surface area contributed by atoms with Gasteiger partial charge in [0.05, 0.1) is 0 Å². The van der Waals surface area contributed by atoms with Gasteiger partial charge < -0.3 is 10.1 Å². The number of hydrogen-bond acceptors (Lipinski definition) is 2. The van der Waals surface area contributed by atoms with E-state index in [1.54, 1.807) is 0 Å². The van der Waals surface area contributed by atoms with Crippen molar-refractivity contribution in [3.63, 3.8) is 0 Å². The van der Waals surface area contributed by atoms with Gasteiger partial charge >= 0.3 is 6.18 Å². The van der Waals surface area contributed by atoms with Gasteiger partial charge in [0.1, 0.15) is 6.61 Å². The van der Waals surface area contributed by atoms with Crippen molar-refractivity contribution < 1.29 is 17.9 Å². The van der Waals surface area contributed by atoms with Gasteiger partial charge in [0.15, 0.2) is 0 Å². The number of nitrogens with one attached hydrogen (secondary N) is 1. The third-order valence-corrected chi connectivity index (χ3v) is 2.85. The van der Waals surface area contributed by atoms with Crippen LogP contribution in [0.4, 0.5) is 13.2 Å². The lowest BCUT2D eigenvalue weighted by molar-refractivity contribution is -0.174. The summed E-state index contributed by atoms with van der Waals surface area (Å²) < 4.78 is 40.2. The quantitative estimate of drug-likeness (QED) is 0.638. The molecule has 17 heavy (non-hydrogen) atoms. The highest BCUT2D eigenvalue weighted by atomic mass is 19.4. The zero-order valence-electron chi connectivity index (χ0n) is 10.9. The van der Waals surface area contributed by atoms with Crippen LogP contribution in [0.15, 0.2) is 0 Å². The predicted octanol–water partition coefficient (Wildman–Crippen LogP) is 3.37. The van der Waals surface area contributed by atoms with Crippen LogP contribution in [0, 0.1) is 5.92 Å². The fraction of sp³-hybridized carbons (Fsp3) is 1.00. The molecule has 2 atom stereocenters. The topological polar surface area (TPSA) is 21.3 Å². The number of hydrogen-bond donors (Lipinski definition) is 1. The smallest absolute Gasteiger partial charge is 0.372 e. The van der Waals surface area contributed by atoms with Gasteiger partial charge in [-0.1, -0.05) is 20.3 Å². The highest BCUT2D eigenvalue weighted by Gasteiger charge is 2.27. The maximum atomic E-state index is 11.8. The van der Waals surface area contributed by atoms with Crippen molar-refractivity contribution in [1.29, 1.82) is 0 Å². The molecule has 0 aliphatic carbocycles. The molecule has 0 spiro atoms. The molecular weight excluding hydrogens is 231 g/mol. The van der Waals surface area contributed by atoms with Gasteiger partial charge in [-0.15, -0.1) is 0 Å². The highest BCUT2D eigenvalue weighted by molar-refractivity contribution is 4.70. The molecule has 104 valence electrons. The highest BCUT2D eigenvalue weighted by Crippen LogP contribution is 2.17. The van der Waals surface area contributed by atoms with Gasteiger partial charge in [-0.2, -0.15) is 13.2 Å². The Labute approximate surface area is 102 Å². The van der Waals surface area contributed by atoms with Crippen molar-refractivity contribution in [3.05, 3.63) is 0 Å². The lowest BCUT2D eigenvalue weighted by atomic mass is 9.95. The minimum atomic E-state index is -4.21. The molecule has 0 rings (SSSR count). The summed E-state index contributed by atoms with van der Waals surface area (Å²) in [5.74, 6) is 0.370. The van der Waals surface area contributed by atoms with E-state index in [0.717, 1.165) is 19.4 Å². The average Bonchev–Trinajstić information content (AvgIpc) is 2.24. The summed E-state index contributed by atoms with van der Waals surface area (Å²) >= 11 is 0. The molecule has 0 radical (unpaired) electrons. The summed E-state index contributed by atoms with van der Waals surface area (Å²) in [6.07, 6.45) is -1.53. The van der Waals surface area contributed by atoms with E-state index >= 15 is 0 Å². The Hall–Kier alpha value is -0.290. The molecule has 1 N–H and O–H groups in total. The van der Waals surface area contributed by atoms with Gasteiger partial charge in [0.2, 0.25) is 0 Å². The monoisotopic (exact) mass is 255 g/mol. The number of halogens is 3. The lowest BCUT2D eigenvalue weighted by Gasteiger charge is -2.23. The molecule has 0 bridgehead atoms. The van der Waals surface area contributed by atoms with Crippen molar-refractivity contribution >= 4 is 0 Å². The molecule has 0 aromatic carbocycles. The molecule has 0 saturated carbocycles. The van der Waals surface area contributed by atoms with Crippen LogP contribution in [0.1, 0.15) is 40.0 Å². The molecule has 0 aliphatic heterocycles. The molecule has 0 aromatic heterocycles. The molecule has 0 aromatic rings. The third-order valence-electron chi connectivity index (χ3n) is 2.85. The number of ether oxygens (including phenoxy) is 1. The molecule has 2 unspecified atom stereocenters. The summed E-state index contributed by atoms with van der Waals surface area (Å²) in [5, 5.41) is 3.36. The molecular formula is C12H24F3NO. The first-order chi connectivity index (χ1) is 7.90.